The van der Waals surface area contributed by atoms with Crippen molar-refractivity contribution in [1.82, 2.24) is 0 Å². The van der Waals surface area contributed by atoms with E-state index in [2.05, 4.69) is 0 Å². The molecule has 0 aliphatic carbocycles. The molecule has 2 saturated heterocycles. The van der Waals surface area contributed by atoms with Gasteiger partial charge in [0, 0.05) is 5.25 Å². The Balaban J connectivity index is 1.49. The first-order chi connectivity index (χ1) is 13.0. The van der Waals surface area contributed by atoms with Crippen LogP contribution in [0.4, 0.5) is 0 Å². The molecule has 0 bridgehead atoms. The fourth-order valence-electron chi connectivity index (χ4n) is 3.14. The zero-order valence-corrected chi connectivity index (χ0v) is 15.5. The maximum Gasteiger partial charge on any atom is 0.183 e. The highest BCUT2D eigenvalue weighted by Gasteiger charge is 2.45. The molecule has 0 spiro atoms. The Morgan fingerprint density at radius 3 is 2.44 bits per heavy atom. The fraction of sp³-hybridized carbons (Fsp3) is 0.667. The SMILES string of the molecule is OC[C@H]1O[C@@H](S[C@@H]2CO[C@@H](OCc3ccccc3)[C@@H](O)C2)[C@H](O)[C@@H](O)[C@H]1O. The molecule has 9 heteroatoms. The smallest absolute Gasteiger partial charge is 0.183 e. The van der Waals surface area contributed by atoms with Gasteiger partial charge in [-0.15, -0.1) is 11.8 Å². The second kappa shape index (κ2) is 9.64. The largest absolute Gasteiger partial charge is 0.394 e. The highest BCUT2D eigenvalue weighted by Crippen LogP contribution is 2.35. The minimum absolute atomic E-state index is 0.196. The van der Waals surface area contributed by atoms with Crippen molar-refractivity contribution in [3.05, 3.63) is 35.9 Å². The van der Waals surface area contributed by atoms with Crippen LogP contribution in [-0.4, -0.2) is 86.2 Å². The van der Waals surface area contributed by atoms with E-state index in [0.717, 1.165) is 5.56 Å². The van der Waals surface area contributed by atoms with Crippen molar-refractivity contribution in [2.24, 2.45) is 0 Å². The van der Waals surface area contributed by atoms with E-state index in [1.807, 2.05) is 30.3 Å². The molecule has 8 atom stereocenters. The van der Waals surface area contributed by atoms with Crippen LogP contribution in [0, 0.1) is 0 Å². The highest BCUT2D eigenvalue weighted by molar-refractivity contribution is 8.00. The van der Waals surface area contributed by atoms with E-state index in [0.29, 0.717) is 13.0 Å². The maximum atomic E-state index is 10.3. The molecule has 0 amide bonds. The Morgan fingerprint density at radius 1 is 1.04 bits per heavy atom. The molecule has 2 fully saturated rings. The minimum atomic E-state index is -1.41. The Hall–Kier alpha value is -0.750. The summed E-state index contributed by atoms with van der Waals surface area (Å²) in [4.78, 5) is 0. The Bertz CT molecular complexity index is 574. The van der Waals surface area contributed by atoms with Crippen molar-refractivity contribution in [2.45, 2.75) is 60.5 Å². The van der Waals surface area contributed by atoms with Crippen molar-refractivity contribution in [1.29, 1.82) is 0 Å². The molecule has 2 aliphatic heterocycles. The number of aliphatic hydroxyl groups excluding tert-OH is 5. The van der Waals surface area contributed by atoms with Crippen molar-refractivity contribution in [2.75, 3.05) is 13.2 Å². The van der Waals surface area contributed by atoms with E-state index in [1.54, 1.807) is 0 Å². The molecule has 27 heavy (non-hydrogen) atoms. The third kappa shape index (κ3) is 5.20. The molecule has 0 aromatic heterocycles. The molecule has 1 aromatic carbocycles. The average Bonchev–Trinajstić information content (AvgIpc) is 2.68. The van der Waals surface area contributed by atoms with E-state index < -0.39 is 48.9 Å². The third-order valence-electron chi connectivity index (χ3n) is 4.70. The van der Waals surface area contributed by atoms with Gasteiger partial charge in [-0.25, -0.2) is 0 Å². The summed E-state index contributed by atoms with van der Waals surface area (Å²) in [5.74, 6) is 0. The lowest BCUT2D eigenvalue weighted by Gasteiger charge is -2.42. The molecule has 2 aliphatic rings. The summed E-state index contributed by atoms with van der Waals surface area (Å²) in [6.45, 7) is 0.129. The molecule has 0 saturated carbocycles. The quantitative estimate of drug-likeness (QED) is 0.416. The number of thioether (sulfide) groups is 1. The molecular weight excluding hydrogens is 376 g/mol. The fourth-order valence-corrected chi connectivity index (χ4v) is 4.51. The van der Waals surface area contributed by atoms with Gasteiger partial charge in [-0.2, -0.15) is 0 Å². The van der Waals surface area contributed by atoms with Crippen LogP contribution in [0.2, 0.25) is 0 Å². The van der Waals surface area contributed by atoms with Crippen molar-refractivity contribution in [3.8, 4) is 0 Å². The summed E-state index contributed by atoms with van der Waals surface area (Å²) in [6, 6.07) is 9.57. The molecule has 152 valence electrons. The van der Waals surface area contributed by atoms with Crippen molar-refractivity contribution < 1.29 is 39.7 Å². The lowest BCUT2D eigenvalue weighted by atomic mass is 10.0. The van der Waals surface area contributed by atoms with Gasteiger partial charge in [0.15, 0.2) is 6.29 Å². The first kappa shape index (κ1) is 21.0. The summed E-state index contributed by atoms with van der Waals surface area (Å²) in [6.07, 6.45) is -6.27. The van der Waals surface area contributed by atoms with Gasteiger partial charge in [-0.3, -0.25) is 0 Å². The van der Waals surface area contributed by atoms with Gasteiger partial charge in [0.05, 0.1) is 19.8 Å². The average molecular weight is 402 g/mol. The summed E-state index contributed by atoms with van der Waals surface area (Å²) < 4.78 is 16.7. The molecule has 3 rings (SSSR count). The van der Waals surface area contributed by atoms with Crippen LogP contribution >= 0.6 is 11.8 Å². The Morgan fingerprint density at radius 2 is 1.78 bits per heavy atom. The summed E-state index contributed by atoms with van der Waals surface area (Å²) in [5.41, 5.74) is 0.134. The molecule has 5 N–H and O–H groups in total. The van der Waals surface area contributed by atoms with Crippen LogP contribution in [0.5, 0.6) is 0 Å². The van der Waals surface area contributed by atoms with Crippen molar-refractivity contribution >= 4 is 11.8 Å². The molecule has 1 aromatic rings. The van der Waals surface area contributed by atoms with Crippen LogP contribution in [0.25, 0.3) is 0 Å². The predicted octanol–water partition coefficient (Wildman–Crippen LogP) is -0.788. The van der Waals surface area contributed by atoms with Gasteiger partial charge in [-0.1, -0.05) is 30.3 Å². The number of hydrogen-bond donors (Lipinski definition) is 5. The predicted molar refractivity (Wildman–Crippen MR) is 96.7 cm³/mol. The lowest BCUT2D eigenvalue weighted by molar-refractivity contribution is -0.219. The normalized spacial score (nSPS) is 40.0. The molecule has 8 nitrogen and oxygen atoms in total. The van der Waals surface area contributed by atoms with E-state index in [1.165, 1.54) is 11.8 Å². The maximum absolute atomic E-state index is 10.3. The second-order valence-corrected chi connectivity index (χ2v) is 8.16. The van der Waals surface area contributed by atoms with E-state index >= 15 is 0 Å². The number of benzene rings is 1. The Kier molecular flexibility index (Phi) is 7.49. The second-order valence-electron chi connectivity index (χ2n) is 6.76. The van der Waals surface area contributed by atoms with Crippen LogP contribution in [0.3, 0.4) is 0 Å². The summed E-state index contributed by atoms with van der Waals surface area (Å²) in [5, 5.41) is 49.2. The van der Waals surface area contributed by atoms with Gasteiger partial charge in [-0.05, 0) is 12.0 Å². The van der Waals surface area contributed by atoms with Crippen LogP contribution < -0.4 is 0 Å². The minimum Gasteiger partial charge on any atom is -0.394 e. The standard InChI is InChI=1S/C18H26O8S/c19-7-13-14(21)15(22)16(23)18(26-13)27-11-6-12(20)17(25-9-11)24-8-10-4-2-1-3-5-10/h1-5,11-23H,6-9H2/t11-,12-,13+,14-,15-,16+,17+,18-/m0/s1. The van der Waals surface area contributed by atoms with Crippen LogP contribution in [-0.2, 0) is 20.8 Å². The summed E-state index contributed by atoms with van der Waals surface area (Å²) >= 11 is 1.20. The van der Waals surface area contributed by atoms with Crippen LogP contribution in [0.1, 0.15) is 12.0 Å². The zero-order valence-electron chi connectivity index (χ0n) is 14.7. The van der Waals surface area contributed by atoms with Gasteiger partial charge in [0.25, 0.3) is 0 Å². The van der Waals surface area contributed by atoms with E-state index in [-0.39, 0.29) is 11.9 Å². The number of rotatable bonds is 6. The first-order valence-electron chi connectivity index (χ1n) is 8.90. The Labute approximate surface area is 161 Å². The van der Waals surface area contributed by atoms with Crippen LogP contribution in [0.15, 0.2) is 30.3 Å². The molecule has 0 radical (unpaired) electrons. The topological polar surface area (TPSA) is 129 Å². The molecular formula is C18H26O8S. The number of hydrogen-bond acceptors (Lipinski definition) is 9. The number of ether oxygens (including phenoxy) is 3. The van der Waals surface area contributed by atoms with Gasteiger partial charge in [0.2, 0.25) is 0 Å². The van der Waals surface area contributed by atoms with Gasteiger partial charge in [0.1, 0.15) is 36.0 Å². The third-order valence-corrected chi connectivity index (χ3v) is 6.07. The van der Waals surface area contributed by atoms with Gasteiger partial charge < -0.3 is 39.7 Å². The first-order valence-corrected chi connectivity index (χ1v) is 9.85. The monoisotopic (exact) mass is 402 g/mol. The van der Waals surface area contributed by atoms with E-state index in [9.17, 15) is 25.5 Å². The molecule has 0 unspecified atom stereocenters. The zero-order chi connectivity index (χ0) is 19.4. The number of aliphatic hydroxyl groups is 5. The lowest BCUT2D eigenvalue weighted by Crippen LogP contribution is -2.58. The highest BCUT2D eigenvalue weighted by atomic mass is 32.2. The van der Waals surface area contributed by atoms with Crippen molar-refractivity contribution in [3.63, 3.8) is 0 Å². The molecule has 2 heterocycles. The van der Waals surface area contributed by atoms with E-state index in [4.69, 9.17) is 14.2 Å². The van der Waals surface area contributed by atoms with Gasteiger partial charge >= 0.3 is 0 Å². The summed E-state index contributed by atoms with van der Waals surface area (Å²) in [7, 11) is 0.